The zero-order valence-corrected chi connectivity index (χ0v) is 27.4. The number of aliphatic hydroxyl groups is 1. The third kappa shape index (κ3) is 5.82. The topological polar surface area (TPSA) is 125 Å². The van der Waals surface area contributed by atoms with Gasteiger partial charge >= 0.3 is 35.5 Å². The molecule has 39 heavy (non-hydrogen) atoms. The van der Waals surface area contributed by atoms with Gasteiger partial charge in [-0.2, -0.15) is 0 Å². The van der Waals surface area contributed by atoms with E-state index in [1.54, 1.807) is 0 Å². The SMILES string of the molecule is CC(=O)O[C@@H]1C[C@]2(C)C3CC[C@@]4(C)C(CC[C@@H]4[C@H](C)[C@@H]4O[C@H]4CC(C)C)C3=CCC2[C@H](OS(=O)(=O)[O-])[C@H]1O.[Na+]. The standard InChI is InChI=1S/C29H46O8S.Na/c1-15(2)13-23-26(36-23)16(3)19-9-10-20-18-7-8-22-27(37-38(32,33)34)25(31)24(35-17(4)30)14-29(22,6)21(18)11-12-28(19,20)5;/h7,15-16,19-27,31H,8-14H2,1-6H3,(H,32,33,34);/q;+1/p-1/t16-,19+,20?,21?,22?,23-,24+,25-,26-,27-,28+,29+;/m0./s1. The van der Waals surface area contributed by atoms with Crippen LogP contribution >= 0.6 is 0 Å². The van der Waals surface area contributed by atoms with E-state index in [0.29, 0.717) is 48.7 Å². The van der Waals surface area contributed by atoms with Crippen LogP contribution < -0.4 is 29.6 Å². The van der Waals surface area contributed by atoms with Gasteiger partial charge in [0.15, 0.2) is 0 Å². The molecule has 4 fully saturated rings. The minimum atomic E-state index is -5.05. The number of epoxide rings is 1. The van der Waals surface area contributed by atoms with Crippen LogP contribution in [0, 0.1) is 46.3 Å². The number of aliphatic hydroxyl groups excluding tert-OH is 1. The van der Waals surface area contributed by atoms with E-state index in [0.717, 1.165) is 25.7 Å². The van der Waals surface area contributed by atoms with Crippen LogP contribution in [0.3, 0.4) is 0 Å². The predicted molar refractivity (Wildman–Crippen MR) is 139 cm³/mol. The zero-order chi connectivity index (χ0) is 27.8. The second-order valence-electron chi connectivity index (χ2n) is 13.8. The van der Waals surface area contributed by atoms with Gasteiger partial charge in [-0.3, -0.25) is 8.98 Å². The fourth-order valence-electron chi connectivity index (χ4n) is 9.58. The molecule has 1 saturated heterocycles. The van der Waals surface area contributed by atoms with Crippen LogP contribution in [0.1, 0.15) is 86.5 Å². The second-order valence-corrected chi connectivity index (χ2v) is 14.8. The van der Waals surface area contributed by atoms with Gasteiger partial charge < -0.3 is 19.1 Å². The molecule has 5 rings (SSSR count). The van der Waals surface area contributed by atoms with E-state index in [1.165, 1.54) is 18.9 Å². The first-order chi connectivity index (χ1) is 17.7. The second kappa shape index (κ2) is 11.3. The maximum atomic E-state index is 11.9. The van der Waals surface area contributed by atoms with Gasteiger partial charge in [0.1, 0.15) is 18.3 Å². The molecule has 3 saturated carbocycles. The number of allylic oxidation sites excluding steroid dienone is 2. The van der Waals surface area contributed by atoms with Crippen LogP contribution in [-0.4, -0.2) is 54.6 Å². The Balaban J connectivity index is 0.00000353. The molecular formula is C29H45NaO8S. The Labute approximate surface area is 256 Å². The van der Waals surface area contributed by atoms with Crippen molar-refractivity contribution in [2.45, 2.75) is 117 Å². The molecular weight excluding hydrogens is 531 g/mol. The summed E-state index contributed by atoms with van der Waals surface area (Å²) in [6, 6.07) is 0. The number of fused-ring (bicyclic) bond motifs is 5. The number of rotatable bonds is 7. The van der Waals surface area contributed by atoms with E-state index in [-0.39, 0.29) is 46.8 Å². The van der Waals surface area contributed by atoms with Crippen molar-refractivity contribution in [3.63, 3.8) is 0 Å². The molecule has 8 nitrogen and oxygen atoms in total. The molecule has 12 atom stereocenters. The van der Waals surface area contributed by atoms with Gasteiger partial charge in [-0.15, -0.1) is 0 Å². The molecule has 5 aliphatic rings. The summed E-state index contributed by atoms with van der Waals surface area (Å²) in [4.78, 5) is 11.9. The normalized spacial score (nSPS) is 45.8. The van der Waals surface area contributed by atoms with Crippen LogP contribution in [0.15, 0.2) is 11.6 Å². The van der Waals surface area contributed by atoms with Crippen LogP contribution in [0.2, 0.25) is 0 Å². The average Bonchev–Trinajstić information content (AvgIpc) is 3.45. The smallest absolute Gasteiger partial charge is 0.726 e. The molecule has 0 aromatic heterocycles. The summed E-state index contributed by atoms with van der Waals surface area (Å²) in [7, 11) is -5.05. The van der Waals surface area contributed by atoms with E-state index >= 15 is 0 Å². The number of ether oxygens (including phenoxy) is 2. The van der Waals surface area contributed by atoms with Crippen LogP contribution in [0.5, 0.6) is 0 Å². The quantitative estimate of drug-likeness (QED) is 0.120. The van der Waals surface area contributed by atoms with Crippen molar-refractivity contribution < 1.29 is 66.1 Å². The molecule has 0 amide bonds. The minimum Gasteiger partial charge on any atom is -0.726 e. The summed E-state index contributed by atoms with van der Waals surface area (Å²) < 4.78 is 51.5. The monoisotopic (exact) mass is 576 g/mol. The first kappa shape index (κ1) is 31.9. The van der Waals surface area contributed by atoms with Gasteiger partial charge in [0.25, 0.3) is 0 Å². The van der Waals surface area contributed by atoms with Crippen molar-refractivity contribution in [2.75, 3.05) is 0 Å². The van der Waals surface area contributed by atoms with Crippen molar-refractivity contribution in [1.29, 1.82) is 0 Å². The fraction of sp³-hybridized carbons (Fsp3) is 0.897. The Morgan fingerprint density at radius 3 is 2.46 bits per heavy atom. The summed E-state index contributed by atoms with van der Waals surface area (Å²) in [5.41, 5.74) is 1.15. The Kier molecular flexibility index (Phi) is 9.21. The Morgan fingerprint density at radius 2 is 1.85 bits per heavy atom. The Morgan fingerprint density at radius 1 is 1.18 bits per heavy atom. The van der Waals surface area contributed by atoms with Crippen LogP contribution in [0.4, 0.5) is 0 Å². The van der Waals surface area contributed by atoms with Crippen molar-refractivity contribution in [2.24, 2.45) is 46.3 Å². The maximum absolute atomic E-state index is 11.9. The van der Waals surface area contributed by atoms with E-state index in [2.05, 4.69) is 40.7 Å². The van der Waals surface area contributed by atoms with Gasteiger partial charge in [-0.25, -0.2) is 8.42 Å². The molecule has 0 bridgehead atoms. The van der Waals surface area contributed by atoms with E-state index in [9.17, 15) is 22.9 Å². The molecule has 10 heteroatoms. The van der Waals surface area contributed by atoms with Crippen LogP contribution in [-0.2, 0) is 28.9 Å². The third-order valence-corrected chi connectivity index (χ3v) is 11.7. The van der Waals surface area contributed by atoms with Crippen molar-refractivity contribution >= 4 is 16.4 Å². The van der Waals surface area contributed by atoms with Crippen molar-refractivity contribution in [3.8, 4) is 0 Å². The Bertz CT molecular complexity index is 1080. The van der Waals surface area contributed by atoms with E-state index in [4.69, 9.17) is 13.7 Å². The number of esters is 1. The van der Waals surface area contributed by atoms with Gasteiger partial charge in [0, 0.05) is 6.92 Å². The number of hydrogen-bond donors (Lipinski definition) is 1. The summed E-state index contributed by atoms with van der Waals surface area (Å²) in [5, 5.41) is 11.0. The first-order valence-electron chi connectivity index (χ1n) is 14.5. The van der Waals surface area contributed by atoms with E-state index < -0.39 is 40.1 Å². The van der Waals surface area contributed by atoms with Crippen molar-refractivity contribution in [1.82, 2.24) is 0 Å². The largest absolute Gasteiger partial charge is 1.00 e. The molecule has 0 aromatic rings. The molecule has 4 aliphatic carbocycles. The molecule has 0 aromatic carbocycles. The molecule has 1 heterocycles. The molecule has 0 radical (unpaired) electrons. The van der Waals surface area contributed by atoms with Crippen molar-refractivity contribution in [3.05, 3.63) is 11.6 Å². The summed E-state index contributed by atoms with van der Waals surface area (Å²) in [6.45, 7) is 12.7. The summed E-state index contributed by atoms with van der Waals surface area (Å²) in [6.07, 6.45) is 5.82. The van der Waals surface area contributed by atoms with Crippen LogP contribution in [0.25, 0.3) is 0 Å². The molecule has 3 unspecified atom stereocenters. The molecule has 0 spiro atoms. The number of hydrogen-bond acceptors (Lipinski definition) is 8. The predicted octanol–water partition coefficient (Wildman–Crippen LogP) is 1.38. The number of carbonyl (C=O) groups is 1. The molecule has 1 aliphatic heterocycles. The minimum absolute atomic E-state index is 0. The first-order valence-corrected chi connectivity index (χ1v) is 15.8. The van der Waals surface area contributed by atoms with Gasteiger partial charge in [0.2, 0.25) is 10.4 Å². The zero-order valence-electron chi connectivity index (χ0n) is 24.6. The van der Waals surface area contributed by atoms with Gasteiger partial charge in [-0.1, -0.05) is 46.3 Å². The Hall–Kier alpha value is -0.000000000000000222. The fourth-order valence-corrected chi connectivity index (χ4v) is 10.1. The molecule has 1 N–H and O–H groups in total. The third-order valence-electron chi connectivity index (χ3n) is 11.2. The molecule has 216 valence electrons. The number of carbonyl (C=O) groups excluding carboxylic acids is 1. The van der Waals surface area contributed by atoms with Gasteiger partial charge in [-0.05, 0) is 91.3 Å². The average molecular weight is 577 g/mol. The summed E-state index contributed by atoms with van der Waals surface area (Å²) >= 11 is 0. The van der Waals surface area contributed by atoms with Gasteiger partial charge in [0.05, 0.1) is 12.2 Å². The maximum Gasteiger partial charge on any atom is 1.00 e. The summed E-state index contributed by atoms with van der Waals surface area (Å²) in [5.74, 6) is 1.42. The van der Waals surface area contributed by atoms with E-state index in [1.807, 2.05) is 0 Å².